The summed E-state index contributed by atoms with van der Waals surface area (Å²) in [4.78, 5) is 19.0. The van der Waals surface area contributed by atoms with E-state index in [2.05, 4.69) is 9.97 Å². The van der Waals surface area contributed by atoms with Crippen molar-refractivity contribution in [1.82, 2.24) is 9.97 Å². The molecule has 1 aromatic heterocycles. The highest BCUT2D eigenvalue weighted by Crippen LogP contribution is 2.23. The number of carboxylic acids is 1. The molecule has 0 aliphatic rings. The van der Waals surface area contributed by atoms with Gasteiger partial charge in [-0.2, -0.15) is 0 Å². The van der Waals surface area contributed by atoms with Gasteiger partial charge in [-0.05, 0) is 38.5 Å². The minimum absolute atomic E-state index is 0.161. The molecule has 0 atom stereocenters. The van der Waals surface area contributed by atoms with Gasteiger partial charge in [0.15, 0.2) is 0 Å². The van der Waals surface area contributed by atoms with Crippen LogP contribution in [-0.4, -0.2) is 21.0 Å². The van der Waals surface area contributed by atoms with Crippen LogP contribution in [0, 0.1) is 20.8 Å². The molecule has 0 spiro atoms. The van der Waals surface area contributed by atoms with Gasteiger partial charge in [0, 0.05) is 11.3 Å². The highest BCUT2D eigenvalue weighted by molar-refractivity contribution is 5.84. The molecule has 0 bridgehead atoms. The predicted molar refractivity (Wildman–Crippen MR) is 68.6 cm³/mol. The summed E-state index contributed by atoms with van der Waals surface area (Å²) < 4.78 is 0. The van der Waals surface area contributed by atoms with E-state index in [0.29, 0.717) is 11.4 Å². The van der Waals surface area contributed by atoms with Crippen molar-refractivity contribution in [1.29, 1.82) is 0 Å². The average Bonchev–Trinajstić information content (AvgIpc) is 2.31. The van der Waals surface area contributed by atoms with Crippen LogP contribution in [0.2, 0.25) is 0 Å². The first-order chi connectivity index (χ1) is 8.47. The van der Waals surface area contributed by atoms with Crippen molar-refractivity contribution in [2.45, 2.75) is 20.8 Å². The molecule has 0 fully saturated rings. The van der Waals surface area contributed by atoms with Crippen molar-refractivity contribution in [3.8, 4) is 11.3 Å². The standard InChI is InChI=1S/C14H14N2O2/c1-8-4-5-9(2)11(6-8)12-7-10(3)15-13(16-12)14(17)18/h4-7H,1-3H3,(H,17,18). The summed E-state index contributed by atoms with van der Waals surface area (Å²) in [6, 6.07) is 7.82. The molecule has 92 valence electrons. The Balaban J connectivity index is 2.63. The topological polar surface area (TPSA) is 63.1 Å². The number of carboxylic acid groups (broad SMARTS) is 1. The summed E-state index contributed by atoms with van der Waals surface area (Å²) >= 11 is 0. The van der Waals surface area contributed by atoms with Crippen LogP contribution in [0.15, 0.2) is 24.3 Å². The minimum Gasteiger partial charge on any atom is -0.475 e. The summed E-state index contributed by atoms with van der Waals surface area (Å²) in [6.45, 7) is 5.74. The summed E-state index contributed by atoms with van der Waals surface area (Å²) in [5.74, 6) is -1.27. The molecule has 4 heteroatoms. The first-order valence-corrected chi connectivity index (χ1v) is 5.64. The Morgan fingerprint density at radius 1 is 1.11 bits per heavy atom. The van der Waals surface area contributed by atoms with Crippen molar-refractivity contribution in [2.75, 3.05) is 0 Å². The molecule has 18 heavy (non-hydrogen) atoms. The molecule has 0 unspecified atom stereocenters. The maximum Gasteiger partial charge on any atom is 0.373 e. The normalized spacial score (nSPS) is 10.4. The second kappa shape index (κ2) is 4.56. The Morgan fingerprint density at radius 3 is 2.50 bits per heavy atom. The van der Waals surface area contributed by atoms with Gasteiger partial charge in [0.25, 0.3) is 0 Å². The largest absolute Gasteiger partial charge is 0.475 e. The average molecular weight is 242 g/mol. The van der Waals surface area contributed by atoms with E-state index in [-0.39, 0.29) is 5.82 Å². The van der Waals surface area contributed by atoms with E-state index in [1.165, 1.54) is 0 Å². The SMILES string of the molecule is Cc1ccc(C)c(-c2cc(C)nc(C(=O)O)n2)c1. The van der Waals surface area contributed by atoms with Crippen molar-refractivity contribution in [3.63, 3.8) is 0 Å². The van der Waals surface area contributed by atoms with Crippen molar-refractivity contribution in [3.05, 3.63) is 46.9 Å². The highest BCUT2D eigenvalue weighted by Gasteiger charge is 2.11. The van der Waals surface area contributed by atoms with Crippen molar-refractivity contribution < 1.29 is 9.90 Å². The fraction of sp³-hybridized carbons (Fsp3) is 0.214. The van der Waals surface area contributed by atoms with E-state index in [0.717, 1.165) is 16.7 Å². The van der Waals surface area contributed by atoms with Crippen LogP contribution in [0.5, 0.6) is 0 Å². The molecule has 0 saturated heterocycles. The van der Waals surface area contributed by atoms with Crippen LogP contribution in [0.4, 0.5) is 0 Å². The molecule has 1 N–H and O–H groups in total. The molecular formula is C14H14N2O2. The van der Waals surface area contributed by atoms with E-state index in [1.54, 1.807) is 13.0 Å². The third-order valence-corrected chi connectivity index (χ3v) is 2.71. The minimum atomic E-state index is -1.11. The van der Waals surface area contributed by atoms with E-state index >= 15 is 0 Å². The Kier molecular flexibility index (Phi) is 3.10. The van der Waals surface area contributed by atoms with Gasteiger partial charge in [-0.1, -0.05) is 17.7 Å². The number of aromatic nitrogens is 2. The van der Waals surface area contributed by atoms with Gasteiger partial charge in [-0.15, -0.1) is 0 Å². The molecule has 2 aromatic rings. The monoisotopic (exact) mass is 242 g/mol. The van der Waals surface area contributed by atoms with E-state index in [9.17, 15) is 4.79 Å². The lowest BCUT2D eigenvalue weighted by Gasteiger charge is -2.08. The lowest BCUT2D eigenvalue weighted by atomic mass is 10.0. The van der Waals surface area contributed by atoms with Crippen LogP contribution in [0.25, 0.3) is 11.3 Å². The van der Waals surface area contributed by atoms with Gasteiger partial charge in [0.05, 0.1) is 5.69 Å². The van der Waals surface area contributed by atoms with E-state index < -0.39 is 5.97 Å². The molecule has 2 rings (SSSR count). The predicted octanol–water partition coefficient (Wildman–Crippen LogP) is 2.77. The summed E-state index contributed by atoms with van der Waals surface area (Å²) in [7, 11) is 0. The molecule has 0 amide bonds. The molecule has 4 nitrogen and oxygen atoms in total. The molecule has 0 aliphatic heterocycles. The Hall–Kier alpha value is -2.23. The van der Waals surface area contributed by atoms with Gasteiger partial charge in [0.2, 0.25) is 5.82 Å². The highest BCUT2D eigenvalue weighted by atomic mass is 16.4. The quantitative estimate of drug-likeness (QED) is 0.879. The van der Waals surface area contributed by atoms with Crippen LogP contribution >= 0.6 is 0 Å². The maximum atomic E-state index is 11.0. The lowest BCUT2D eigenvalue weighted by molar-refractivity contribution is 0.0683. The van der Waals surface area contributed by atoms with Crippen molar-refractivity contribution in [2.24, 2.45) is 0 Å². The summed E-state index contributed by atoms with van der Waals surface area (Å²) in [6.07, 6.45) is 0. The number of aromatic carboxylic acids is 1. The molecule has 0 saturated carbocycles. The Labute approximate surface area is 105 Å². The maximum absolute atomic E-state index is 11.0. The van der Waals surface area contributed by atoms with Gasteiger partial charge < -0.3 is 5.11 Å². The van der Waals surface area contributed by atoms with Crippen LogP contribution in [0.3, 0.4) is 0 Å². The molecule has 0 aliphatic carbocycles. The third-order valence-electron chi connectivity index (χ3n) is 2.71. The second-order valence-electron chi connectivity index (χ2n) is 4.34. The van der Waals surface area contributed by atoms with Gasteiger partial charge >= 0.3 is 5.97 Å². The number of benzene rings is 1. The molecule has 1 heterocycles. The van der Waals surface area contributed by atoms with Crippen LogP contribution < -0.4 is 0 Å². The fourth-order valence-electron chi connectivity index (χ4n) is 1.81. The zero-order chi connectivity index (χ0) is 13.3. The number of nitrogens with zero attached hydrogens (tertiary/aromatic N) is 2. The summed E-state index contributed by atoms with van der Waals surface area (Å²) in [5.41, 5.74) is 4.43. The first-order valence-electron chi connectivity index (χ1n) is 5.64. The third kappa shape index (κ3) is 2.37. The van der Waals surface area contributed by atoms with Crippen LogP contribution in [0.1, 0.15) is 27.4 Å². The number of carbonyl (C=O) groups is 1. The number of hydrogen-bond acceptors (Lipinski definition) is 3. The number of aryl methyl sites for hydroxylation is 3. The van der Waals surface area contributed by atoms with Crippen LogP contribution in [-0.2, 0) is 0 Å². The fourth-order valence-corrected chi connectivity index (χ4v) is 1.81. The lowest BCUT2D eigenvalue weighted by Crippen LogP contribution is -2.06. The Morgan fingerprint density at radius 2 is 1.83 bits per heavy atom. The molecule has 0 radical (unpaired) electrons. The van der Waals surface area contributed by atoms with Gasteiger partial charge in [0.1, 0.15) is 0 Å². The molecule has 1 aromatic carbocycles. The first kappa shape index (κ1) is 12.2. The van der Waals surface area contributed by atoms with E-state index in [4.69, 9.17) is 5.11 Å². The number of rotatable bonds is 2. The van der Waals surface area contributed by atoms with E-state index in [1.807, 2.05) is 32.0 Å². The second-order valence-corrected chi connectivity index (χ2v) is 4.34. The number of hydrogen-bond donors (Lipinski definition) is 1. The zero-order valence-electron chi connectivity index (χ0n) is 10.6. The summed E-state index contributed by atoms with van der Waals surface area (Å²) in [5, 5.41) is 8.98. The smallest absolute Gasteiger partial charge is 0.373 e. The molecular weight excluding hydrogens is 228 g/mol. The Bertz CT molecular complexity index is 621. The van der Waals surface area contributed by atoms with Gasteiger partial charge in [-0.3, -0.25) is 0 Å². The zero-order valence-corrected chi connectivity index (χ0v) is 10.6. The van der Waals surface area contributed by atoms with Gasteiger partial charge in [-0.25, -0.2) is 14.8 Å². The van der Waals surface area contributed by atoms with Crippen molar-refractivity contribution >= 4 is 5.97 Å².